The highest BCUT2D eigenvalue weighted by Crippen LogP contribution is 2.29. The van der Waals surface area contributed by atoms with Gasteiger partial charge in [0.15, 0.2) is 15.0 Å². The first-order chi connectivity index (χ1) is 12.8. The molecule has 27 heavy (non-hydrogen) atoms. The molecule has 0 radical (unpaired) electrons. The van der Waals surface area contributed by atoms with Crippen molar-refractivity contribution in [2.75, 3.05) is 18.2 Å². The van der Waals surface area contributed by atoms with Crippen LogP contribution in [0.15, 0.2) is 41.3 Å². The Balaban J connectivity index is 1.66. The number of benzene rings is 2. The number of nitrogens with one attached hydrogen (secondary N) is 1. The highest BCUT2D eigenvalue weighted by atomic mass is 32.2. The monoisotopic (exact) mass is 404 g/mol. The molecule has 0 aliphatic carbocycles. The number of ether oxygens (including phenoxy) is 1. The van der Waals surface area contributed by atoms with E-state index >= 15 is 0 Å². The summed E-state index contributed by atoms with van der Waals surface area (Å²) in [5.74, 6) is -0.0673. The van der Waals surface area contributed by atoms with Crippen LogP contribution in [0.4, 0.5) is 5.13 Å². The van der Waals surface area contributed by atoms with E-state index in [1.807, 2.05) is 26.0 Å². The summed E-state index contributed by atoms with van der Waals surface area (Å²) in [4.78, 5) is 16.8. The minimum absolute atomic E-state index is 0.137. The second kappa shape index (κ2) is 7.66. The number of nitrogens with zero attached hydrogens (tertiary/aromatic N) is 1. The van der Waals surface area contributed by atoms with Crippen LogP contribution in [0.25, 0.3) is 10.2 Å². The fourth-order valence-electron chi connectivity index (χ4n) is 2.73. The third-order valence-electron chi connectivity index (χ3n) is 4.09. The van der Waals surface area contributed by atoms with E-state index in [-0.39, 0.29) is 23.0 Å². The fourth-order valence-corrected chi connectivity index (χ4v) is 5.03. The first-order valence-corrected chi connectivity index (χ1v) is 10.8. The Morgan fingerprint density at radius 2 is 1.89 bits per heavy atom. The quantitative estimate of drug-likeness (QED) is 0.677. The van der Waals surface area contributed by atoms with Crippen molar-refractivity contribution >= 4 is 42.4 Å². The van der Waals surface area contributed by atoms with Gasteiger partial charge in [-0.15, -0.1) is 0 Å². The molecule has 3 aromatic rings. The van der Waals surface area contributed by atoms with Crippen LogP contribution in [0.2, 0.25) is 0 Å². The Morgan fingerprint density at radius 3 is 2.56 bits per heavy atom. The van der Waals surface area contributed by atoms with Crippen molar-refractivity contribution in [2.45, 2.75) is 25.2 Å². The standard InChI is InChI=1S/C19H20N2O4S2/c1-12-10-13(2)18-16(11-12)26-19(21-18)20-17(22)8-9-27(23,24)15-6-4-14(25-3)5-7-15/h4-7,10-11H,8-9H2,1-3H3,(H,20,21,22). The summed E-state index contributed by atoms with van der Waals surface area (Å²) in [5, 5.41) is 3.18. The molecule has 0 unspecified atom stereocenters. The molecule has 0 bridgehead atoms. The van der Waals surface area contributed by atoms with E-state index in [1.54, 1.807) is 12.1 Å². The number of carbonyl (C=O) groups is 1. The molecule has 2 aromatic carbocycles. The Bertz CT molecular complexity index is 1090. The van der Waals surface area contributed by atoms with Crippen LogP contribution in [0.3, 0.4) is 0 Å². The van der Waals surface area contributed by atoms with Crippen molar-refractivity contribution in [1.82, 2.24) is 4.98 Å². The van der Waals surface area contributed by atoms with Gasteiger partial charge >= 0.3 is 0 Å². The summed E-state index contributed by atoms with van der Waals surface area (Å²) in [6, 6.07) is 10.2. The summed E-state index contributed by atoms with van der Waals surface area (Å²) in [7, 11) is -2.03. The van der Waals surface area contributed by atoms with Gasteiger partial charge < -0.3 is 10.1 Å². The summed E-state index contributed by atoms with van der Waals surface area (Å²) in [6.07, 6.45) is -0.137. The van der Waals surface area contributed by atoms with Crippen molar-refractivity contribution in [1.29, 1.82) is 0 Å². The number of aromatic nitrogens is 1. The van der Waals surface area contributed by atoms with Crippen molar-refractivity contribution in [2.24, 2.45) is 0 Å². The molecule has 0 aliphatic heterocycles. The number of methoxy groups -OCH3 is 1. The van der Waals surface area contributed by atoms with Gasteiger partial charge in [0, 0.05) is 6.42 Å². The van der Waals surface area contributed by atoms with Gasteiger partial charge in [0.1, 0.15) is 5.75 Å². The predicted molar refractivity (Wildman–Crippen MR) is 107 cm³/mol. The zero-order chi connectivity index (χ0) is 19.6. The number of anilines is 1. The van der Waals surface area contributed by atoms with Crippen LogP contribution < -0.4 is 10.1 Å². The van der Waals surface area contributed by atoms with Crippen LogP contribution in [0, 0.1) is 13.8 Å². The SMILES string of the molecule is COc1ccc(S(=O)(=O)CCC(=O)Nc2nc3c(C)cc(C)cc3s2)cc1. The minimum Gasteiger partial charge on any atom is -0.497 e. The largest absolute Gasteiger partial charge is 0.497 e. The number of aryl methyl sites for hydroxylation is 2. The van der Waals surface area contributed by atoms with E-state index in [0.717, 1.165) is 21.3 Å². The molecule has 1 aromatic heterocycles. The van der Waals surface area contributed by atoms with Crippen molar-refractivity contribution in [3.05, 3.63) is 47.5 Å². The fraction of sp³-hybridized carbons (Fsp3) is 0.263. The number of rotatable bonds is 6. The van der Waals surface area contributed by atoms with Gasteiger partial charge in [0.2, 0.25) is 5.91 Å². The molecule has 1 amide bonds. The topological polar surface area (TPSA) is 85.4 Å². The Labute approximate surface area is 162 Å². The summed E-state index contributed by atoms with van der Waals surface area (Å²) in [5.41, 5.74) is 3.03. The van der Waals surface area contributed by atoms with Crippen LogP contribution in [0.5, 0.6) is 5.75 Å². The highest BCUT2D eigenvalue weighted by Gasteiger charge is 2.17. The van der Waals surface area contributed by atoms with E-state index in [4.69, 9.17) is 4.74 Å². The summed E-state index contributed by atoms with van der Waals surface area (Å²) in [6.45, 7) is 3.98. The third-order valence-corrected chi connectivity index (χ3v) is 6.74. The van der Waals surface area contributed by atoms with E-state index in [2.05, 4.69) is 10.3 Å². The van der Waals surface area contributed by atoms with Crippen LogP contribution in [0.1, 0.15) is 17.5 Å². The molecule has 1 N–H and O–H groups in total. The normalized spacial score (nSPS) is 11.5. The van der Waals surface area contributed by atoms with Crippen molar-refractivity contribution in [3.63, 3.8) is 0 Å². The van der Waals surface area contributed by atoms with Gasteiger partial charge in [-0.05, 0) is 55.3 Å². The smallest absolute Gasteiger partial charge is 0.227 e. The molecule has 142 valence electrons. The van der Waals surface area contributed by atoms with Crippen LogP contribution in [-0.4, -0.2) is 32.2 Å². The second-order valence-corrected chi connectivity index (χ2v) is 9.38. The third kappa shape index (κ3) is 4.45. The molecule has 8 heteroatoms. The molecule has 6 nitrogen and oxygen atoms in total. The number of hydrogen-bond donors (Lipinski definition) is 1. The van der Waals surface area contributed by atoms with Gasteiger partial charge in [-0.25, -0.2) is 13.4 Å². The average Bonchev–Trinajstić information content (AvgIpc) is 3.02. The molecule has 0 spiro atoms. The van der Waals surface area contributed by atoms with Gasteiger partial charge in [-0.2, -0.15) is 0 Å². The number of fused-ring (bicyclic) bond motifs is 1. The number of amides is 1. The van der Waals surface area contributed by atoms with E-state index < -0.39 is 9.84 Å². The van der Waals surface area contributed by atoms with Gasteiger partial charge in [0.05, 0.1) is 28.0 Å². The number of thiazole rings is 1. The maximum Gasteiger partial charge on any atom is 0.227 e. The van der Waals surface area contributed by atoms with Crippen LogP contribution in [-0.2, 0) is 14.6 Å². The molecule has 3 rings (SSSR count). The lowest BCUT2D eigenvalue weighted by atomic mass is 10.1. The Morgan fingerprint density at radius 1 is 1.19 bits per heavy atom. The van der Waals surface area contributed by atoms with E-state index in [1.165, 1.54) is 30.6 Å². The zero-order valence-corrected chi connectivity index (χ0v) is 16.9. The Hall–Kier alpha value is -2.45. The molecular weight excluding hydrogens is 384 g/mol. The predicted octanol–water partition coefficient (Wildman–Crippen LogP) is 3.72. The lowest BCUT2D eigenvalue weighted by Crippen LogP contribution is -2.17. The summed E-state index contributed by atoms with van der Waals surface area (Å²) >= 11 is 1.38. The van der Waals surface area contributed by atoms with Gasteiger partial charge in [0.25, 0.3) is 0 Å². The molecule has 0 fully saturated rings. The maximum atomic E-state index is 12.4. The lowest BCUT2D eigenvalue weighted by Gasteiger charge is -2.06. The van der Waals surface area contributed by atoms with Crippen LogP contribution >= 0.6 is 11.3 Å². The van der Waals surface area contributed by atoms with Crippen molar-refractivity contribution in [3.8, 4) is 5.75 Å². The Kier molecular flexibility index (Phi) is 5.48. The van der Waals surface area contributed by atoms with Gasteiger partial charge in [-0.3, -0.25) is 4.79 Å². The molecule has 0 saturated heterocycles. The molecular formula is C19H20N2O4S2. The lowest BCUT2D eigenvalue weighted by molar-refractivity contribution is -0.115. The van der Waals surface area contributed by atoms with Crippen molar-refractivity contribution < 1.29 is 17.9 Å². The molecule has 0 saturated carbocycles. The minimum atomic E-state index is -3.54. The number of carbonyl (C=O) groups excluding carboxylic acids is 1. The zero-order valence-electron chi connectivity index (χ0n) is 15.3. The first-order valence-electron chi connectivity index (χ1n) is 8.33. The second-order valence-electron chi connectivity index (χ2n) is 6.24. The van der Waals surface area contributed by atoms with E-state index in [9.17, 15) is 13.2 Å². The molecule has 0 atom stereocenters. The number of sulfone groups is 1. The highest BCUT2D eigenvalue weighted by molar-refractivity contribution is 7.91. The molecule has 0 aliphatic rings. The average molecular weight is 405 g/mol. The molecule has 1 heterocycles. The number of hydrogen-bond acceptors (Lipinski definition) is 6. The maximum absolute atomic E-state index is 12.4. The van der Waals surface area contributed by atoms with Gasteiger partial charge in [-0.1, -0.05) is 17.4 Å². The first kappa shape index (κ1) is 19.3. The summed E-state index contributed by atoms with van der Waals surface area (Å²) < 4.78 is 30.8. The van der Waals surface area contributed by atoms with E-state index in [0.29, 0.717) is 10.9 Å².